The fourth-order valence-electron chi connectivity index (χ4n) is 3.24. The quantitative estimate of drug-likeness (QED) is 0.458. The highest BCUT2D eigenvalue weighted by Crippen LogP contribution is 2.34. The zero-order chi connectivity index (χ0) is 21.1. The normalized spacial score (nSPS) is 14.0. The Morgan fingerprint density at radius 3 is 2.47 bits per heavy atom. The van der Waals surface area contributed by atoms with Crippen molar-refractivity contribution in [2.75, 3.05) is 0 Å². The van der Waals surface area contributed by atoms with E-state index in [1.165, 1.54) is 0 Å². The zero-order valence-electron chi connectivity index (χ0n) is 17.2. The first-order chi connectivity index (χ1) is 14.4. The summed E-state index contributed by atoms with van der Waals surface area (Å²) in [6, 6.07) is 17.3. The van der Waals surface area contributed by atoms with E-state index in [0.717, 1.165) is 27.8 Å². The average Bonchev–Trinajstić information content (AvgIpc) is 3.17. The number of rotatable bonds is 6. The van der Waals surface area contributed by atoms with Gasteiger partial charge in [-0.1, -0.05) is 41.6 Å². The second kappa shape index (κ2) is 8.55. The number of nitrogens with zero attached hydrogens (tertiary/aromatic N) is 3. The maximum absolute atomic E-state index is 13.0. The van der Waals surface area contributed by atoms with E-state index < -0.39 is 16.1 Å². The molecule has 0 aliphatic heterocycles. The lowest BCUT2D eigenvalue weighted by Crippen LogP contribution is -2.42. The van der Waals surface area contributed by atoms with E-state index in [1.807, 2.05) is 69.3 Å². The molecule has 2 aromatic heterocycles. The maximum Gasteiger partial charge on any atom is 0.167 e. The third kappa shape index (κ3) is 4.38. The summed E-state index contributed by atoms with van der Waals surface area (Å²) in [4.78, 5) is 8.74. The minimum Gasteiger partial charge on any atom is -0.598 e. The van der Waals surface area contributed by atoms with Gasteiger partial charge in [0.05, 0.1) is 6.04 Å². The largest absolute Gasteiger partial charge is 0.598 e. The summed E-state index contributed by atoms with van der Waals surface area (Å²) in [6.07, 6.45) is 3.93. The molecule has 2 aromatic carbocycles. The van der Waals surface area contributed by atoms with Crippen molar-refractivity contribution in [2.45, 2.75) is 38.0 Å². The van der Waals surface area contributed by atoms with E-state index >= 15 is 0 Å². The van der Waals surface area contributed by atoms with Crippen molar-refractivity contribution < 1.29 is 9.08 Å². The molecule has 0 spiro atoms. The molecule has 4 aromatic rings. The molecular formula is C23H24N4O2S. The molecule has 0 saturated carbocycles. The Balaban J connectivity index is 1.79. The molecule has 0 fully saturated rings. The predicted molar refractivity (Wildman–Crippen MR) is 119 cm³/mol. The summed E-state index contributed by atoms with van der Waals surface area (Å²) in [5.41, 5.74) is 3.41. The van der Waals surface area contributed by atoms with Gasteiger partial charge in [-0.25, -0.2) is 9.97 Å². The van der Waals surface area contributed by atoms with Crippen LogP contribution in [-0.4, -0.2) is 24.4 Å². The van der Waals surface area contributed by atoms with Crippen molar-refractivity contribution in [1.82, 2.24) is 19.8 Å². The molecular weight excluding hydrogens is 396 g/mol. The number of hydrogen-bond donors (Lipinski definition) is 1. The summed E-state index contributed by atoms with van der Waals surface area (Å²) >= 11 is -1.27. The van der Waals surface area contributed by atoms with Crippen LogP contribution in [0.4, 0.5) is 0 Å². The number of benzene rings is 2. The first kappa shape index (κ1) is 20.5. The molecule has 7 heteroatoms. The summed E-state index contributed by atoms with van der Waals surface area (Å²) in [5.74, 6) is 0.681. The first-order valence-corrected chi connectivity index (χ1v) is 11.0. The van der Waals surface area contributed by atoms with Gasteiger partial charge in [-0.15, -0.1) is 4.72 Å². The van der Waals surface area contributed by atoms with Crippen molar-refractivity contribution in [3.8, 4) is 11.3 Å². The monoisotopic (exact) mass is 420 g/mol. The van der Waals surface area contributed by atoms with Gasteiger partial charge in [0.2, 0.25) is 0 Å². The van der Waals surface area contributed by atoms with Crippen LogP contribution in [0.25, 0.3) is 22.2 Å². The molecule has 0 aliphatic rings. The molecule has 6 nitrogen and oxygen atoms in total. The van der Waals surface area contributed by atoms with Gasteiger partial charge in [0, 0.05) is 41.1 Å². The van der Waals surface area contributed by atoms with Gasteiger partial charge < -0.3 is 9.08 Å². The molecule has 30 heavy (non-hydrogen) atoms. The zero-order valence-corrected chi connectivity index (χ0v) is 18.0. The van der Waals surface area contributed by atoms with Crippen LogP contribution in [0.15, 0.2) is 71.5 Å². The fraction of sp³-hybridized carbons (Fsp3) is 0.261. The Kier molecular flexibility index (Phi) is 5.85. The minimum atomic E-state index is -1.27. The van der Waals surface area contributed by atoms with Crippen LogP contribution in [0, 0.1) is 0 Å². The van der Waals surface area contributed by atoms with Crippen LogP contribution in [-0.2, 0) is 17.8 Å². The van der Waals surface area contributed by atoms with Crippen molar-refractivity contribution >= 4 is 22.3 Å². The number of hydrogen-bond acceptors (Lipinski definition) is 6. The number of aromatic nitrogens is 3. The Hall–Kier alpha value is -2.74. The highest BCUT2D eigenvalue weighted by atomic mass is 32.2. The van der Waals surface area contributed by atoms with E-state index in [4.69, 9.17) is 4.52 Å². The summed E-state index contributed by atoms with van der Waals surface area (Å²) in [7, 11) is 0. The van der Waals surface area contributed by atoms with Crippen LogP contribution in [0.2, 0.25) is 0 Å². The second-order valence-corrected chi connectivity index (χ2v) is 10.0. The van der Waals surface area contributed by atoms with Crippen LogP contribution in [0.3, 0.4) is 0 Å². The standard InChI is InChI=1S/C23H24N4O2S/c1-23(2,3)30(28)27-19(15-21-24-13-8-14-25-21)16-9-4-5-10-17(16)22-18-11-6-7-12-20(18)29-26-22/h4-14,19,27H,15H2,1-3H3/t19?,30-/m0/s1. The molecule has 4 rings (SSSR count). The number of nitrogens with one attached hydrogen (secondary N) is 1. The highest BCUT2D eigenvalue weighted by molar-refractivity contribution is 7.90. The molecule has 1 N–H and O–H groups in total. The van der Waals surface area contributed by atoms with Gasteiger partial charge in [-0.3, -0.25) is 0 Å². The third-order valence-electron chi connectivity index (χ3n) is 4.78. The molecule has 1 unspecified atom stereocenters. The van der Waals surface area contributed by atoms with Gasteiger partial charge in [0.15, 0.2) is 5.58 Å². The van der Waals surface area contributed by atoms with Gasteiger partial charge in [0.25, 0.3) is 0 Å². The van der Waals surface area contributed by atoms with E-state index in [9.17, 15) is 4.55 Å². The highest BCUT2D eigenvalue weighted by Gasteiger charge is 2.31. The summed E-state index contributed by atoms with van der Waals surface area (Å²) in [5, 5.41) is 5.27. The van der Waals surface area contributed by atoms with E-state index in [-0.39, 0.29) is 6.04 Å². The van der Waals surface area contributed by atoms with Gasteiger partial charge in [-0.2, -0.15) is 0 Å². The fourth-order valence-corrected chi connectivity index (χ4v) is 4.06. The van der Waals surface area contributed by atoms with Crippen molar-refractivity contribution in [1.29, 1.82) is 0 Å². The minimum absolute atomic E-state index is 0.265. The lowest BCUT2D eigenvalue weighted by Gasteiger charge is -2.28. The molecule has 0 saturated heterocycles. The Labute approximate surface area is 179 Å². The van der Waals surface area contributed by atoms with E-state index in [1.54, 1.807) is 18.5 Å². The molecule has 0 aliphatic carbocycles. The van der Waals surface area contributed by atoms with Gasteiger partial charge in [-0.05, 0) is 44.5 Å². The molecule has 2 atom stereocenters. The Morgan fingerprint density at radius 2 is 1.70 bits per heavy atom. The van der Waals surface area contributed by atoms with Gasteiger partial charge in [0.1, 0.15) is 16.3 Å². The predicted octanol–water partition coefficient (Wildman–Crippen LogP) is 4.62. The molecule has 0 bridgehead atoms. The Morgan fingerprint density at radius 1 is 1.00 bits per heavy atom. The van der Waals surface area contributed by atoms with E-state index in [0.29, 0.717) is 12.2 Å². The summed E-state index contributed by atoms with van der Waals surface area (Å²) in [6.45, 7) is 5.84. The van der Waals surface area contributed by atoms with E-state index in [2.05, 4.69) is 19.8 Å². The van der Waals surface area contributed by atoms with Crippen LogP contribution >= 0.6 is 0 Å². The number of para-hydroxylation sites is 1. The van der Waals surface area contributed by atoms with Crippen molar-refractivity contribution in [3.63, 3.8) is 0 Å². The van der Waals surface area contributed by atoms with Crippen LogP contribution < -0.4 is 4.72 Å². The van der Waals surface area contributed by atoms with Crippen LogP contribution in [0.5, 0.6) is 0 Å². The third-order valence-corrected chi connectivity index (χ3v) is 6.39. The topological polar surface area (TPSA) is 86.9 Å². The molecule has 2 heterocycles. The summed E-state index contributed by atoms with van der Waals surface area (Å²) < 4.78 is 21.4. The molecule has 154 valence electrons. The molecule has 0 radical (unpaired) electrons. The molecule has 0 amide bonds. The lowest BCUT2D eigenvalue weighted by atomic mass is 9.95. The Bertz CT molecular complexity index is 1120. The SMILES string of the molecule is CC(C)(C)[S@+]([O-])NC(Cc1ncccn1)c1ccccc1-c1noc2ccccc12. The van der Waals surface area contributed by atoms with Crippen molar-refractivity contribution in [2.24, 2.45) is 0 Å². The first-order valence-electron chi connectivity index (χ1n) is 9.81. The van der Waals surface area contributed by atoms with Crippen LogP contribution in [0.1, 0.15) is 38.2 Å². The second-order valence-electron chi connectivity index (χ2n) is 8.04. The van der Waals surface area contributed by atoms with Gasteiger partial charge >= 0.3 is 0 Å². The maximum atomic E-state index is 13.0. The average molecular weight is 421 g/mol. The van der Waals surface area contributed by atoms with Crippen molar-refractivity contribution in [3.05, 3.63) is 78.4 Å². The lowest BCUT2D eigenvalue weighted by molar-refractivity contribution is 0.459. The smallest absolute Gasteiger partial charge is 0.167 e. The number of fused-ring (bicyclic) bond motifs is 1.